The summed E-state index contributed by atoms with van der Waals surface area (Å²) < 4.78 is 0. The number of nitrogens with one attached hydrogen (secondary N) is 2. The van der Waals surface area contributed by atoms with Crippen LogP contribution in [0.2, 0.25) is 5.02 Å². The maximum absolute atomic E-state index is 12.8. The molecule has 2 N–H and O–H groups in total. The van der Waals surface area contributed by atoms with E-state index in [-0.39, 0.29) is 30.3 Å². The van der Waals surface area contributed by atoms with E-state index < -0.39 is 11.6 Å². The van der Waals surface area contributed by atoms with Gasteiger partial charge in [0.15, 0.2) is 0 Å². The molecular formula is C21H26ClN5O4. The minimum absolute atomic E-state index is 0.148. The van der Waals surface area contributed by atoms with Crippen molar-refractivity contribution >= 4 is 41.2 Å². The Kier molecular flexibility index (Phi) is 5.79. The minimum atomic E-state index is -0.896. The molecule has 1 unspecified atom stereocenters. The average molecular weight is 448 g/mol. The first-order chi connectivity index (χ1) is 14.8. The van der Waals surface area contributed by atoms with Crippen LogP contribution in [0.3, 0.4) is 0 Å². The van der Waals surface area contributed by atoms with Crippen LogP contribution in [0.1, 0.15) is 26.2 Å². The lowest BCUT2D eigenvalue weighted by Crippen LogP contribution is -2.47. The standard InChI is InChI=1S/C21H26ClN5O4/c1-21(14-3-4-14)18(29)27(20(31)24-21)13-17(28)25-9-2-10-26(12-11-25)19(30)23-16-7-5-15(22)6-8-16/h5-8,14H,2-4,9-13H2,1H3,(H,23,30)(H,24,31). The van der Waals surface area contributed by atoms with E-state index in [9.17, 15) is 19.2 Å². The number of halogens is 1. The second kappa shape index (κ2) is 8.37. The van der Waals surface area contributed by atoms with Crippen LogP contribution in [0.4, 0.5) is 15.3 Å². The van der Waals surface area contributed by atoms with Crippen molar-refractivity contribution in [2.75, 3.05) is 38.0 Å². The monoisotopic (exact) mass is 447 g/mol. The molecule has 6 amide bonds. The number of carbonyl (C=O) groups is 4. The molecule has 0 radical (unpaired) electrons. The van der Waals surface area contributed by atoms with Crippen LogP contribution in [-0.4, -0.2) is 76.8 Å². The largest absolute Gasteiger partial charge is 0.339 e. The molecule has 166 valence electrons. The number of anilines is 1. The Morgan fingerprint density at radius 1 is 1.10 bits per heavy atom. The lowest BCUT2D eigenvalue weighted by molar-refractivity contribution is -0.139. The maximum Gasteiger partial charge on any atom is 0.325 e. The molecule has 0 bridgehead atoms. The summed E-state index contributed by atoms with van der Waals surface area (Å²) in [5, 5.41) is 6.17. The zero-order chi connectivity index (χ0) is 22.2. The third-order valence-corrected chi connectivity index (χ3v) is 6.47. The zero-order valence-corrected chi connectivity index (χ0v) is 18.2. The number of rotatable bonds is 4. The highest BCUT2D eigenvalue weighted by atomic mass is 35.5. The third-order valence-electron chi connectivity index (χ3n) is 6.22. The Balaban J connectivity index is 1.31. The van der Waals surface area contributed by atoms with Gasteiger partial charge in [-0.3, -0.25) is 14.5 Å². The molecule has 1 aliphatic carbocycles. The number of urea groups is 2. The van der Waals surface area contributed by atoms with Gasteiger partial charge >= 0.3 is 12.1 Å². The molecule has 1 saturated carbocycles. The van der Waals surface area contributed by atoms with Crippen molar-refractivity contribution in [2.24, 2.45) is 5.92 Å². The van der Waals surface area contributed by atoms with Gasteiger partial charge in [-0.2, -0.15) is 0 Å². The predicted molar refractivity (Wildman–Crippen MR) is 115 cm³/mol. The second-order valence-electron chi connectivity index (χ2n) is 8.46. The number of carbonyl (C=O) groups excluding carboxylic acids is 4. The molecule has 3 fully saturated rings. The molecule has 3 aliphatic rings. The molecule has 2 saturated heterocycles. The fourth-order valence-corrected chi connectivity index (χ4v) is 4.26. The number of benzene rings is 1. The van der Waals surface area contributed by atoms with Crippen LogP contribution in [0.5, 0.6) is 0 Å². The Hall–Kier alpha value is -2.81. The number of hydrogen-bond acceptors (Lipinski definition) is 4. The smallest absolute Gasteiger partial charge is 0.325 e. The normalized spacial score (nSPS) is 24.1. The van der Waals surface area contributed by atoms with Crippen molar-refractivity contribution in [3.63, 3.8) is 0 Å². The van der Waals surface area contributed by atoms with Gasteiger partial charge in [0, 0.05) is 36.9 Å². The highest BCUT2D eigenvalue weighted by molar-refractivity contribution is 6.30. The fourth-order valence-electron chi connectivity index (χ4n) is 4.14. The minimum Gasteiger partial charge on any atom is -0.339 e. The average Bonchev–Trinajstić information content (AvgIpc) is 3.57. The Morgan fingerprint density at radius 3 is 2.42 bits per heavy atom. The van der Waals surface area contributed by atoms with Gasteiger partial charge in [-0.05, 0) is 56.4 Å². The van der Waals surface area contributed by atoms with E-state index in [2.05, 4.69) is 10.6 Å². The van der Waals surface area contributed by atoms with Crippen molar-refractivity contribution < 1.29 is 19.2 Å². The summed E-state index contributed by atoms with van der Waals surface area (Å²) in [6, 6.07) is 6.09. The van der Waals surface area contributed by atoms with Gasteiger partial charge in [0.25, 0.3) is 5.91 Å². The summed E-state index contributed by atoms with van der Waals surface area (Å²) in [5.41, 5.74) is -0.254. The van der Waals surface area contributed by atoms with Crippen molar-refractivity contribution in [1.82, 2.24) is 20.0 Å². The summed E-state index contributed by atoms with van der Waals surface area (Å²) in [7, 11) is 0. The van der Waals surface area contributed by atoms with Crippen LogP contribution >= 0.6 is 11.6 Å². The zero-order valence-electron chi connectivity index (χ0n) is 17.4. The summed E-state index contributed by atoms with van der Waals surface area (Å²) in [5.74, 6) is -0.467. The number of hydrogen-bond donors (Lipinski definition) is 2. The number of nitrogens with zero attached hydrogens (tertiary/aromatic N) is 3. The summed E-state index contributed by atoms with van der Waals surface area (Å²) in [6.45, 7) is 3.14. The van der Waals surface area contributed by atoms with E-state index in [1.165, 1.54) is 0 Å². The van der Waals surface area contributed by atoms with E-state index >= 15 is 0 Å². The van der Waals surface area contributed by atoms with Gasteiger partial charge in [-0.1, -0.05) is 11.6 Å². The lowest BCUT2D eigenvalue weighted by Gasteiger charge is -2.24. The van der Waals surface area contributed by atoms with Crippen molar-refractivity contribution in [2.45, 2.75) is 31.7 Å². The second-order valence-corrected chi connectivity index (χ2v) is 8.89. The molecule has 2 aliphatic heterocycles. The molecular weight excluding hydrogens is 422 g/mol. The molecule has 2 heterocycles. The molecule has 31 heavy (non-hydrogen) atoms. The highest BCUT2D eigenvalue weighted by Gasteiger charge is 2.56. The molecule has 9 nitrogen and oxygen atoms in total. The Bertz CT molecular complexity index is 904. The van der Waals surface area contributed by atoms with E-state index in [1.54, 1.807) is 41.0 Å². The summed E-state index contributed by atoms with van der Waals surface area (Å²) >= 11 is 5.87. The summed E-state index contributed by atoms with van der Waals surface area (Å²) in [4.78, 5) is 54.7. The first kappa shape index (κ1) is 21.4. The van der Waals surface area contributed by atoms with Crippen LogP contribution in [0.15, 0.2) is 24.3 Å². The summed E-state index contributed by atoms with van der Waals surface area (Å²) in [6.07, 6.45) is 2.43. The molecule has 4 rings (SSSR count). The van der Waals surface area contributed by atoms with Gasteiger partial charge in [-0.25, -0.2) is 9.59 Å². The van der Waals surface area contributed by atoms with Crippen molar-refractivity contribution in [1.29, 1.82) is 0 Å². The molecule has 1 aromatic rings. The van der Waals surface area contributed by atoms with E-state index in [0.29, 0.717) is 43.3 Å². The molecule has 1 aromatic carbocycles. The topological polar surface area (TPSA) is 102 Å². The van der Waals surface area contributed by atoms with Crippen LogP contribution in [0, 0.1) is 5.92 Å². The van der Waals surface area contributed by atoms with Gasteiger partial charge in [0.1, 0.15) is 12.1 Å². The lowest BCUT2D eigenvalue weighted by atomic mass is 9.96. The van der Waals surface area contributed by atoms with Crippen LogP contribution in [-0.2, 0) is 9.59 Å². The van der Waals surface area contributed by atoms with Crippen LogP contribution in [0.25, 0.3) is 0 Å². The van der Waals surface area contributed by atoms with Gasteiger partial charge in [-0.15, -0.1) is 0 Å². The first-order valence-electron chi connectivity index (χ1n) is 10.5. The van der Waals surface area contributed by atoms with Crippen LogP contribution < -0.4 is 10.6 Å². The van der Waals surface area contributed by atoms with Crippen molar-refractivity contribution in [3.05, 3.63) is 29.3 Å². The molecule has 10 heteroatoms. The van der Waals surface area contributed by atoms with E-state index in [4.69, 9.17) is 11.6 Å². The van der Waals surface area contributed by atoms with Gasteiger partial charge in [0.2, 0.25) is 5.91 Å². The quantitative estimate of drug-likeness (QED) is 0.690. The fraction of sp³-hybridized carbons (Fsp3) is 0.524. The Labute approximate surface area is 185 Å². The molecule has 0 spiro atoms. The van der Waals surface area contributed by atoms with E-state index in [1.807, 2.05) is 0 Å². The van der Waals surface area contributed by atoms with Gasteiger partial charge in [0.05, 0.1) is 0 Å². The Morgan fingerprint density at radius 2 is 1.74 bits per heavy atom. The highest BCUT2D eigenvalue weighted by Crippen LogP contribution is 2.42. The van der Waals surface area contributed by atoms with E-state index in [0.717, 1.165) is 17.7 Å². The third kappa shape index (κ3) is 4.46. The number of imide groups is 1. The maximum atomic E-state index is 12.8. The van der Waals surface area contributed by atoms with Crippen molar-refractivity contribution in [3.8, 4) is 0 Å². The molecule has 0 aromatic heterocycles. The SMILES string of the molecule is CC1(C2CC2)NC(=O)N(CC(=O)N2CCCN(C(=O)Nc3ccc(Cl)cc3)CC2)C1=O. The predicted octanol–water partition coefficient (Wildman–Crippen LogP) is 2.13. The number of amides is 6. The molecule has 1 atom stereocenters. The van der Waals surface area contributed by atoms with Gasteiger partial charge < -0.3 is 20.4 Å². The first-order valence-corrected chi connectivity index (χ1v) is 10.9.